The first kappa shape index (κ1) is 10.1. The lowest BCUT2D eigenvalue weighted by Gasteiger charge is -1.94. The Morgan fingerprint density at radius 3 is 3.07 bits per heavy atom. The molecule has 0 aliphatic carbocycles. The maximum Gasteiger partial charge on any atom is 0.180 e. The van der Waals surface area contributed by atoms with Crippen molar-refractivity contribution in [2.75, 3.05) is 12.8 Å². The number of nitrogens with two attached hydrogens (primary N) is 1. The van der Waals surface area contributed by atoms with Crippen LogP contribution < -0.4 is 11.1 Å². The lowest BCUT2D eigenvalue weighted by Crippen LogP contribution is -2.05. The van der Waals surface area contributed by atoms with Crippen LogP contribution in [-0.2, 0) is 13.1 Å². The molecular formula is C8H12N6S. The van der Waals surface area contributed by atoms with E-state index in [1.165, 1.54) is 11.3 Å². The van der Waals surface area contributed by atoms with Crippen molar-refractivity contribution in [2.24, 2.45) is 0 Å². The normalized spacial score (nSPS) is 10.7. The summed E-state index contributed by atoms with van der Waals surface area (Å²) in [7, 11) is 1.88. The molecule has 0 aliphatic rings. The molecule has 80 valence electrons. The molecule has 2 heterocycles. The molecule has 2 rings (SSSR count). The predicted octanol–water partition coefficient (Wildman–Crippen LogP) is 0.0845. The molecule has 0 aliphatic heterocycles. The third-order valence-electron chi connectivity index (χ3n) is 1.84. The van der Waals surface area contributed by atoms with Gasteiger partial charge >= 0.3 is 0 Å². The van der Waals surface area contributed by atoms with Gasteiger partial charge in [0.25, 0.3) is 0 Å². The second-order valence-electron chi connectivity index (χ2n) is 3.11. The van der Waals surface area contributed by atoms with Crippen molar-refractivity contribution in [1.29, 1.82) is 0 Å². The number of hydrogen-bond acceptors (Lipinski definition) is 6. The summed E-state index contributed by atoms with van der Waals surface area (Å²) < 4.78 is 1.75. The van der Waals surface area contributed by atoms with E-state index in [0.29, 0.717) is 11.7 Å². The van der Waals surface area contributed by atoms with Crippen LogP contribution in [0.2, 0.25) is 0 Å². The van der Waals surface area contributed by atoms with Crippen LogP contribution in [0.4, 0.5) is 5.13 Å². The topological polar surface area (TPSA) is 81.7 Å². The third-order valence-corrected chi connectivity index (χ3v) is 2.56. The van der Waals surface area contributed by atoms with Crippen molar-refractivity contribution in [3.05, 3.63) is 23.0 Å². The summed E-state index contributed by atoms with van der Waals surface area (Å²) in [5, 5.41) is 13.5. The zero-order chi connectivity index (χ0) is 10.7. The molecule has 0 radical (unpaired) electrons. The average Bonchev–Trinajstić information content (AvgIpc) is 2.78. The minimum absolute atomic E-state index is 0.584. The lowest BCUT2D eigenvalue weighted by atomic mass is 10.4. The quantitative estimate of drug-likeness (QED) is 0.769. The molecule has 2 aromatic rings. The highest BCUT2D eigenvalue weighted by molar-refractivity contribution is 7.13. The fraction of sp³-hybridized carbons (Fsp3) is 0.375. The SMILES string of the molecule is CNCc1cn(Cc2csc(N)n2)nn1. The Bertz CT molecular complexity index is 434. The number of hydrogen-bond donors (Lipinski definition) is 2. The Hall–Kier alpha value is -1.47. The number of nitrogens with one attached hydrogen (secondary N) is 1. The van der Waals surface area contributed by atoms with E-state index in [-0.39, 0.29) is 0 Å². The summed E-state index contributed by atoms with van der Waals surface area (Å²) >= 11 is 1.43. The highest BCUT2D eigenvalue weighted by Gasteiger charge is 2.03. The summed E-state index contributed by atoms with van der Waals surface area (Å²) in [6, 6.07) is 0. The van der Waals surface area contributed by atoms with Gasteiger partial charge in [0.05, 0.1) is 24.1 Å². The molecule has 2 aromatic heterocycles. The van der Waals surface area contributed by atoms with E-state index in [0.717, 1.165) is 17.9 Å². The molecule has 3 N–H and O–H groups in total. The van der Waals surface area contributed by atoms with Crippen LogP contribution in [0, 0.1) is 0 Å². The van der Waals surface area contributed by atoms with Crippen molar-refractivity contribution in [3.8, 4) is 0 Å². The molecule has 0 saturated heterocycles. The van der Waals surface area contributed by atoms with E-state index in [1.54, 1.807) is 4.68 Å². The minimum Gasteiger partial charge on any atom is -0.375 e. The van der Waals surface area contributed by atoms with Crippen molar-refractivity contribution < 1.29 is 0 Å². The molecule has 0 saturated carbocycles. The second kappa shape index (κ2) is 4.37. The number of nitrogen functional groups attached to an aromatic ring is 1. The third kappa shape index (κ3) is 2.51. The van der Waals surface area contributed by atoms with Gasteiger partial charge in [-0.3, -0.25) is 0 Å². The van der Waals surface area contributed by atoms with Gasteiger partial charge in [0.2, 0.25) is 0 Å². The standard InChI is InChI=1S/C8H12N6S/c1-10-2-6-3-14(13-12-6)4-7-5-15-8(9)11-7/h3,5,10H,2,4H2,1H3,(H2,9,11). The van der Waals surface area contributed by atoms with Crippen LogP contribution in [0.1, 0.15) is 11.4 Å². The molecule has 0 aromatic carbocycles. The summed E-state index contributed by atoms with van der Waals surface area (Å²) in [4.78, 5) is 4.15. The average molecular weight is 224 g/mol. The molecule has 0 fully saturated rings. The number of anilines is 1. The first-order chi connectivity index (χ1) is 7.28. The van der Waals surface area contributed by atoms with Gasteiger partial charge < -0.3 is 11.1 Å². The minimum atomic E-state index is 0.584. The van der Waals surface area contributed by atoms with E-state index < -0.39 is 0 Å². The van der Waals surface area contributed by atoms with E-state index in [4.69, 9.17) is 5.73 Å². The van der Waals surface area contributed by atoms with Crippen molar-refractivity contribution in [3.63, 3.8) is 0 Å². The summed E-state index contributed by atoms with van der Waals surface area (Å²) in [5.74, 6) is 0. The summed E-state index contributed by atoms with van der Waals surface area (Å²) in [5.41, 5.74) is 7.37. The Kier molecular flexibility index (Phi) is 2.93. The zero-order valence-electron chi connectivity index (χ0n) is 8.34. The van der Waals surface area contributed by atoms with E-state index >= 15 is 0 Å². The van der Waals surface area contributed by atoms with Crippen LogP contribution in [0.25, 0.3) is 0 Å². The molecule has 15 heavy (non-hydrogen) atoms. The van der Waals surface area contributed by atoms with Gasteiger partial charge in [0.1, 0.15) is 0 Å². The fourth-order valence-electron chi connectivity index (χ4n) is 1.24. The fourth-order valence-corrected chi connectivity index (χ4v) is 1.79. The van der Waals surface area contributed by atoms with E-state index in [1.807, 2.05) is 18.6 Å². The maximum absolute atomic E-state index is 5.54. The highest BCUT2D eigenvalue weighted by atomic mass is 32.1. The molecular weight excluding hydrogens is 212 g/mol. The van der Waals surface area contributed by atoms with Gasteiger partial charge in [-0.1, -0.05) is 5.21 Å². The van der Waals surface area contributed by atoms with Crippen molar-refractivity contribution in [2.45, 2.75) is 13.1 Å². The second-order valence-corrected chi connectivity index (χ2v) is 4.00. The molecule has 0 spiro atoms. The Labute approximate surface area is 91.1 Å². The number of rotatable bonds is 4. The maximum atomic E-state index is 5.54. The van der Waals surface area contributed by atoms with Gasteiger partial charge in [-0.05, 0) is 7.05 Å². The van der Waals surface area contributed by atoms with Crippen molar-refractivity contribution >= 4 is 16.5 Å². The molecule has 0 atom stereocenters. The monoisotopic (exact) mass is 224 g/mol. The Morgan fingerprint density at radius 1 is 1.53 bits per heavy atom. The number of nitrogens with zero attached hydrogens (tertiary/aromatic N) is 4. The van der Waals surface area contributed by atoms with Gasteiger partial charge in [-0.15, -0.1) is 16.4 Å². The van der Waals surface area contributed by atoms with Crippen LogP contribution >= 0.6 is 11.3 Å². The molecule has 0 amide bonds. The first-order valence-electron chi connectivity index (χ1n) is 4.51. The van der Waals surface area contributed by atoms with Crippen LogP contribution in [0.5, 0.6) is 0 Å². The van der Waals surface area contributed by atoms with Gasteiger partial charge in [0.15, 0.2) is 5.13 Å². The van der Waals surface area contributed by atoms with Crippen LogP contribution in [0.15, 0.2) is 11.6 Å². The Morgan fingerprint density at radius 2 is 2.40 bits per heavy atom. The lowest BCUT2D eigenvalue weighted by molar-refractivity contribution is 0.640. The van der Waals surface area contributed by atoms with E-state index in [9.17, 15) is 0 Å². The van der Waals surface area contributed by atoms with Gasteiger partial charge in [-0.25, -0.2) is 9.67 Å². The Balaban J connectivity index is 2.04. The van der Waals surface area contributed by atoms with E-state index in [2.05, 4.69) is 20.6 Å². The van der Waals surface area contributed by atoms with Crippen molar-refractivity contribution in [1.82, 2.24) is 25.3 Å². The zero-order valence-corrected chi connectivity index (χ0v) is 9.16. The van der Waals surface area contributed by atoms with Crippen LogP contribution in [0.3, 0.4) is 0 Å². The number of aromatic nitrogens is 4. The summed E-state index contributed by atoms with van der Waals surface area (Å²) in [6.07, 6.45) is 1.89. The summed E-state index contributed by atoms with van der Waals surface area (Å²) in [6.45, 7) is 1.34. The first-order valence-corrected chi connectivity index (χ1v) is 5.39. The smallest absolute Gasteiger partial charge is 0.180 e. The molecule has 0 unspecified atom stereocenters. The highest BCUT2D eigenvalue weighted by Crippen LogP contribution is 2.11. The molecule has 7 heteroatoms. The predicted molar refractivity (Wildman–Crippen MR) is 58.4 cm³/mol. The molecule has 0 bridgehead atoms. The number of thiazole rings is 1. The van der Waals surface area contributed by atoms with Gasteiger partial charge in [0, 0.05) is 11.9 Å². The largest absolute Gasteiger partial charge is 0.375 e. The van der Waals surface area contributed by atoms with Crippen LogP contribution in [-0.4, -0.2) is 27.0 Å². The van der Waals surface area contributed by atoms with Gasteiger partial charge in [-0.2, -0.15) is 0 Å². The molecule has 6 nitrogen and oxygen atoms in total.